The number of amides is 1. The van der Waals surface area contributed by atoms with Gasteiger partial charge in [0.25, 0.3) is 5.91 Å². The van der Waals surface area contributed by atoms with Crippen molar-refractivity contribution in [2.24, 2.45) is 0 Å². The van der Waals surface area contributed by atoms with Gasteiger partial charge >= 0.3 is 0 Å². The lowest BCUT2D eigenvalue weighted by molar-refractivity contribution is 0.102. The molecule has 1 N–H and O–H groups in total. The Hall–Kier alpha value is -2.67. The molecule has 2 heterocycles. The minimum absolute atomic E-state index is 0.266. The number of aryl methyl sites for hydroxylation is 2. The maximum Gasteiger partial charge on any atom is 0.274 e. The molecule has 1 amide bonds. The van der Waals surface area contributed by atoms with Gasteiger partial charge in [-0.05, 0) is 38.1 Å². The van der Waals surface area contributed by atoms with Crippen molar-refractivity contribution >= 4 is 17.4 Å². The van der Waals surface area contributed by atoms with E-state index in [9.17, 15) is 4.79 Å². The Morgan fingerprint density at radius 3 is 2.56 bits per heavy atom. The molecule has 0 atom stereocenters. The summed E-state index contributed by atoms with van der Waals surface area (Å²) in [5.41, 5.74) is 2.04. The maximum atomic E-state index is 12.8. The van der Waals surface area contributed by atoms with Gasteiger partial charge in [0.2, 0.25) is 0 Å². The molecule has 1 aliphatic rings. The fourth-order valence-corrected chi connectivity index (χ4v) is 3.23. The molecule has 1 aromatic carbocycles. The molecule has 0 spiro atoms. The molecule has 0 bridgehead atoms. The lowest BCUT2D eigenvalue weighted by Crippen LogP contribution is -2.46. The third-order valence-electron chi connectivity index (χ3n) is 4.80. The fourth-order valence-electron chi connectivity index (χ4n) is 3.23. The van der Waals surface area contributed by atoms with Crippen molar-refractivity contribution < 1.29 is 9.53 Å². The van der Waals surface area contributed by atoms with E-state index in [2.05, 4.69) is 32.0 Å². The van der Waals surface area contributed by atoms with Crippen LogP contribution in [0.1, 0.15) is 28.8 Å². The SMILES string of the molecule is CCN1CCN(c2cc(C(=O)Nc3cc(C)ccc3OC)nc(C)n2)CC1. The van der Waals surface area contributed by atoms with Crippen LogP contribution in [0.25, 0.3) is 0 Å². The molecule has 0 aliphatic carbocycles. The molecule has 144 valence electrons. The van der Waals surface area contributed by atoms with E-state index >= 15 is 0 Å². The number of rotatable bonds is 5. The van der Waals surface area contributed by atoms with Crippen LogP contribution in [0.5, 0.6) is 5.75 Å². The molecule has 2 aromatic rings. The first-order chi connectivity index (χ1) is 13.0. The van der Waals surface area contributed by atoms with Crippen molar-refractivity contribution in [3.05, 3.63) is 41.3 Å². The maximum absolute atomic E-state index is 12.8. The number of aromatic nitrogens is 2. The fraction of sp³-hybridized carbons (Fsp3) is 0.450. The average molecular weight is 369 g/mol. The van der Waals surface area contributed by atoms with Crippen LogP contribution in [-0.2, 0) is 0 Å². The van der Waals surface area contributed by atoms with E-state index in [4.69, 9.17) is 4.74 Å². The minimum atomic E-state index is -0.266. The Balaban J connectivity index is 1.80. The number of hydrogen-bond acceptors (Lipinski definition) is 6. The Kier molecular flexibility index (Phi) is 5.91. The summed E-state index contributed by atoms with van der Waals surface area (Å²) in [5, 5.41) is 2.91. The normalized spacial score (nSPS) is 14.9. The first kappa shape index (κ1) is 19.1. The summed E-state index contributed by atoms with van der Waals surface area (Å²) >= 11 is 0. The van der Waals surface area contributed by atoms with Gasteiger partial charge < -0.3 is 19.9 Å². The molecule has 1 saturated heterocycles. The summed E-state index contributed by atoms with van der Waals surface area (Å²) < 4.78 is 5.34. The number of likely N-dealkylation sites (N-methyl/N-ethyl adjacent to an activating group) is 1. The van der Waals surface area contributed by atoms with Crippen molar-refractivity contribution in [3.63, 3.8) is 0 Å². The van der Waals surface area contributed by atoms with E-state index in [1.807, 2.05) is 32.0 Å². The molecule has 7 heteroatoms. The number of carbonyl (C=O) groups is 1. The first-order valence-corrected chi connectivity index (χ1v) is 9.29. The van der Waals surface area contributed by atoms with E-state index in [0.717, 1.165) is 44.1 Å². The zero-order valence-corrected chi connectivity index (χ0v) is 16.5. The van der Waals surface area contributed by atoms with Crippen molar-refractivity contribution in [1.82, 2.24) is 14.9 Å². The number of carbonyl (C=O) groups excluding carboxylic acids is 1. The highest BCUT2D eigenvalue weighted by atomic mass is 16.5. The first-order valence-electron chi connectivity index (χ1n) is 9.29. The number of methoxy groups -OCH3 is 1. The third-order valence-corrected chi connectivity index (χ3v) is 4.80. The zero-order chi connectivity index (χ0) is 19.4. The van der Waals surface area contributed by atoms with E-state index in [1.165, 1.54) is 0 Å². The molecule has 0 saturated carbocycles. The summed E-state index contributed by atoms with van der Waals surface area (Å²) in [6.45, 7) is 10.8. The molecule has 27 heavy (non-hydrogen) atoms. The lowest BCUT2D eigenvalue weighted by Gasteiger charge is -2.34. The van der Waals surface area contributed by atoms with Gasteiger partial charge in [0, 0.05) is 32.2 Å². The van der Waals surface area contributed by atoms with Gasteiger partial charge in [0.05, 0.1) is 12.8 Å². The summed E-state index contributed by atoms with van der Waals surface area (Å²) in [6.07, 6.45) is 0. The summed E-state index contributed by atoms with van der Waals surface area (Å²) in [7, 11) is 1.59. The van der Waals surface area contributed by atoms with Crippen LogP contribution >= 0.6 is 0 Å². The monoisotopic (exact) mass is 369 g/mol. The summed E-state index contributed by atoms with van der Waals surface area (Å²) in [4.78, 5) is 26.3. The number of nitrogens with one attached hydrogen (secondary N) is 1. The van der Waals surface area contributed by atoms with Gasteiger partial charge in [-0.15, -0.1) is 0 Å². The summed E-state index contributed by atoms with van der Waals surface area (Å²) in [5.74, 6) is 1.75. The van der Waals surface area contributed by atoms with Crippen LogP contribution in [0.3, 0.4) is 0 Å². The predicted octanol–water partition coefficient (Wildman–Crippen LogP) is 2.50. The number of nitrogens with zero attached hydrogens (tertiary/aromatic N) is 4. The Bertz CT molecular complexity index is 816. The molecule has 7 nitrogen and oxygen atoms in total. The average Bonchev–Trinajstić information content (AvgIpc) is 2.67. The Morgan fingerprint density at radius 2 is 1.89 bits per heavy atom. The van der Waals surface area contributed by atoms with E-state index in [0.29, 0.717) is 23.0 Å². The van der Waals surface area contributed by atoms with Crippen LogP contribution in [-0.4, -0.2) is 60.6 Å². The number of anilines is 2. The van der Waals surface area contributed by atoms with E-state index in [-0.39, 0.29) is 5.91 Å². The van der Waals surface area contributed by atoms with Gasteiger partial charge in [-0.25, -0.2) is 9.97 Å². The van der Waals surface area contributed by atoms with E-state index in [1.54, 1.807) is 13.2 Å². The molecule has 0 unspecified atom stereocenters. The largest absolute Gasteiger partial charge is 0.495 e. The van der Waals surface area contributed by atoms with Crippen molar-refractivity contribution in [2.75, 3.05) is 50.1 Å². The van der Waals surface area contributed by atoms with Crippen LogP contribution in [0.4, 0.5) is 11.5 Å². The minimum Gasteiger partial charge on any atom is -0.495 e. The number of piperazine rings is 1. The van der Waals surface area contributed by atoms with E-state index < -0.39 is 0 Å². The quantitative estimate of drug-likeness (QED) is 0.873. The predicted molar refractivity (Wildman–Crippen MR) is 107 cm³/mol. The van der Waals surface area contributed by atoms with Crippen LogP contribution in [0.2, 0.25) is 0 Å². The van der Waals surface area contributed by atoms with Crippen molar-refractivity contribution in [1.29, 1.82) is 0 Å². The molecule has 1 aromatic heterocycles. The van der Waals surface area contributed by atoms with Crippen molar-refractivity contribution in [3.8, 4) is 5.75 Å². The topological polar surface area (TPSA) is 70.6 Å². The molecule has 3 rings (SSSR count). The van der Waals surface area contributed by atoms with Crippen LogP contribution in [0.15, 0.2) is 24.3 Å². The van der Waals surface area contributed by atoms with Gasteiger partial charge in [-0.1, -0.05) is 13.0 Å². The second kappa shape index (κ2) is 8.35. The van der Waals surface area contributed by atoms with Gasteiger partial charge in [-0.3, -0.25) is 4.79 Å². The van der Waals surface area contributed by atoms with Gasteiger partial charge in [-0.2, -0.15) is 0 Å². The zero-order valence-electron chi connectivity index (χ0n) is 16.5. The molecule has 1 fully saturated rings. The van der Waals surface area contributed by atoms with Crippen LogP contribution in [0, 0.1) is 13.8 Å². The highest BCUT2D eigenvalue weighted by Gasteiger charge is 2.20. The molecule has 1 aliphatic heterocycles. The second-order valence-electron chi connectivity index (χ2n) is 6.74. The van der Waals surface area contributed by atoms with Gasteiger partial charge in [0.1, 0.15) is 23.1 Å². The summed E-state index contributed by atoms with van der Waals surface area (Å²) in [6, 6.07) is 7.44. The van der Waals surface area contributed by atoms with Gasteiger partial charge in [0.15, 0.2) is 0 Å². The molecule has 0 radical (unpaired) electrons. The standard InChI is InChI=1S/C20H27N5O2/c1-5-24-8-10-25(11-9-24)19-13-17(21-15(3)22-19)20(26)23-16-12-14(2)6-7-18(16)27-4/h6-7,12-13H,5,8-11H2,1-4H3,(H,23,26). The van der Waals surface area contributed by atoms with Crippen molar-refractivity contribution in [2.45, 2.75) is 20.8 Å². The molecular formula is C20H27N5O2. The third kappa shape index (κ3) is 4.54. The highest BCUT2D eigenvalue weighted by Crippen LogP contribution is 2.26. The number of benzene rings is 1. The molecular weight excluding hydrogens is 342 g/mol. The Labute approximate surface area is 160 Å². The Morgan fingerprint density at radius 1 is 1.15 bits per heavy atom. The second-order valence-corrected chi connectivity index (χ2v) is 6.74. The number of hydrogen-bond donors (Lipinski definition) is 1. The van der Waals surface area contributed by atoms with Crippen LogP contribution < -0.4 is 15.0 Å². The number of ether oxygens (including phenoxy) is 1. The lowest BCUT2D eigenvalue weighted by atomic mass is 10.2. The highest BCUT2D eigenvalue weighted by molar-refractivity contribution is 6.04. The smallest absolute Gasteiger partial charge is 0.274 e.